The molecule has 1 aliphatic rings. The van der Waals surface area contributed by atoms with Gasteiger partial charge >= 0.3 is 5.97 Å². The molecule has 0 bridgehead atoms. The van der Waals surface area contributed by atoms with Crippen LogP contribution in [0.15, 0.2) is 6.08 Å². The summed E-state index contributed by atoms with van der Waals surface area (Å²) in [6, 6.07) is 0. The third kappa shape index (κ3) is 4.40. The molecule has 0 spiro atoms. The maximum atomic E-state index is 12.5. The fourth-order valence-electron chi connectivity index (χ4n) is 3.55. The molecule has 1 aliphatic heterocycles. The van der Waals surface area contributed by atoms with Gasteiger partial charge in [0.15, 0.2) is 0 Å². The van der Waals surface area contributed by atoms with E-state index < -0.39 is 0 Å². The van der Waals surface area contributed by atoms with Crippen LogP contribution in [0, 0.1) is 13.8 Å². The van der Waals surface area contributed by atoms with Gasteiger partial charge in [0.25, 0.3) is 0 Å². The standard InChI is InChI=1S/C20H29N3O4/c1-6-23-14(3)17(19(15(23)4)20(26)27-7-2)8-9-18(25)22-12-10-21(11-13-22)16(5)24/h8-9H,6-7,10-13H2,1-5H3/b9-8+. The topological polar surface area (TPSA) is 71.9 Å². The molecule has 0 atom stereocenters. The van der Waals surface area contributed by atoms with Gasteiger partial charge in [-0.3, -0.25) is 9.59 Å². The molecule has 27 heavy (non-hydrogen) atoms. The van der Waals surface area contributed by atoms with Crippen LogP contribution in [-0.2, 0) is 20.9 Å². The van der Waals surface area contributed by atoms with Crippen LogP contribution in [0.4, 0.5) is 0 Å². The third-order valence-corrected chi connectivity index (χ3v) is 5.06. The first-order chi connectivity index (χ1) is 12.8. The van der Waals surface area contributed by atoms with Crippen molar-refractivity contribution in [3.63, 3.8) is 0 Å². The minimum absolute atomic E-state index is 0.0312. The highest BCUT2D eigenvalue weighted by Gasteiger charge is 2.24. The lowest BCUT2D eigenvalue weighted by atomic mass is 10.1. The fourth-order valence-corrected chi connectivity index (χ4v) is 3.55. The van der Waals surface area contributed by atoms with Crippen molar-refractivity contribution in [1.82, 2.24) is 14.4 Å². The molecule has 148 valence electrons. The van der Waals surface area contributed by atoms with Gasteiger partial charge in [-0.05, 0) is 33.8 Å². The van der Waals surface area contributed by atoms with Gasteiger partial charge < -0.3 is 19.1 Å². The molecule has 0 unspecified atom stereocenters. The molecule has 1 aromatic rings. The molecule has 0 radical (unpaired) electrons. The molecule has 1 fully saturated rings. The van der Waals surface area contributed by atoms with Gasteiger partial charge in [0.1, 0.15) is 0 Å². The van der Waals surface area contributed by atoms with Crippen LogP contribution < -0.4 is 0 Å². The lowest BCUT2D eigenvalue weighted by molar-refractivity contribution is -0.135. The minimum Gasteiger partial charge on any atom is -0.462 e. The van der Waals surface area contributed by atoms with Crippen LogP contribution in [0.5, 0.6) is 0 Å². The third-order valence-electron chi connectivity index (χ3n) is 5.06. The molecule has 0 aromatic carbocycles. The largest absolute Gasteiger partial charge is 0.462 e. The Balaban J connectivity index is 2.22. The molecule has 2 heterocycles. The second-order valence-corrected chi connectivity index (χ2v) is 6.59. The van der Waals surface area contributed by atoms with Crippen molar-refractivity contribution in [2.75, 3.05) is 32.8 Å². The number of aromatic nitrogens is 1. The van der Waals surface area contributed by atoms with Gasteiger partial charge in [-0.25, -0.2) is 4.79 Å². The van der Waals surface area contributed by atoms with Gasteiger partial charge in [0, 0.05) is 62.7 Å². The zero-order valence-electron chi connectivity index (χ0n) is 16.9. The Bertz CT molecular complexity index is 756. The summed E-state index contributed by atoms with van der Waals surface area (Å²) in [7, 11) is 0. The van der Waals surface area contributed by atoms with Gasteiger partial charge in [-0.1, -0.05) is 0 Å². The maximum Gasteiger partial charge on any atom is 0.340 e. The molecule has 0 N–H and O–H groups in total. The van der Waals surface area contributed by atoms with Crippen LogP contribution in [-0.4, -0.2) is 64.9 Å². The predicted molar refractivity (Wildman–Crippen MR) is 103 cm³/mol. The second kappa shape index (κ2) is 8.88. The van der Waals surface area contributed by atoms with Crippen molar-refractivity contribution in [2.45, 2.75) is 41.2 Å². The Kier molecular flexibility index (Phi) is 6.82. The first kappa shape index (κ1) is 20.7. The highest BCUT2D eigenvalue weighted by Crippen LogP contribution is 2.25. The zero-order chi connectivity index (χ0) is 20.1. The van der Waals surface area contributed by atoms with Gasteiger partial charge in [0.05, 0.1) is 12.2 Å². The number of ether oxygens (including phenoxy) is 1. The summed E-state index contributed by atoms with van der Waals surface area (Å²) in [5, 5.41) is 0. The first-order valence-corrected chi connectivity index (χ1v) is 9.41. The van der Waals surface area contributed by atoms with Crippen molar-refractivity contribution in [2.24, 2.45) is 0 Å². The van der Waals surface area contributed by atoms with E-state index in [2.05, 4.69) is 0 Å². The summed E-state index contributed by atoms with van der Waals surface area (Å²) in [5.74, 6) is -0.453. The Morgan fingerprint density at radius 1 is 1.00 bits per heavy atom. The Morgan fingerprint density at radius 3 is 2.11 bits per heavy atom. The molecule has 1 saturated heterocycles. The monoisotopic (exact) mass is 375 g/mol. The smallest absolute Gasteiger partial charge is 0.340 e. The molecule has 0 aliphatic carbocycles. The van der Waals surface area contributed by atoms with Crippen LogP contribution in [0.25, 0.3) is 6.08 Å². The number of nitrogens with zero attached hydrogens (tertiary/aromatic N) is 3. The van der Waals surface area contributed by atoms with E-state index in [1.54, 1.807) is 22.8 Å². The van der Waals surface area contributed by atoms with E-state index in [1.165, 1.54) is 13.0 Å². The average Bonchev–Trinajstić information content (AvgIpc) is 2.89. The van der Waals surface area contributed by atoms with E-state index >= 15 is 0 Å². The van der Waals surface area contributed by atoms with Crippen molar-refractivity contribution in [3.8, 4) is 0 Å². The quantitative estimate of drug-likeness (QED) is 0.583. The van der Waals surface area contributed by atoms with Crippen molar-refractivity contribution in [3.05, 3.63) is 28.6 Å². The maximum absolute atomic E-state index is 12.5. The first-order valence-electron chi connectivity index (χ1n) is 9.41. The average molecular weight is 375 g/mol. The van der Waals surface area contributed by atoms with E-state index in [0.717, 1.165) is 23.5 Å². The second-order valence-electron chi connectivity index (χ2n) is 6.59. The fraction of sp³-hybridized carbons (Fsp3) is 0.550. The summed E-state index contributed by atoms with van der Waals surface area (Å²) in [4.78, 5) is 39.8. The number of carbonyl (C=O) groups excluding carboxylic acids is 3. The van der Waals surface area contributed by atoms with E-state index in [1.807, 2.05) is 25.3 Å². The van der Waals surface area contributed by atoms with Gasteiger partial charge in [-0.15, -0.1) is 0 Å². The number of esters is 1. The number of piperazine rings is 1. The highest BCUT2D eigenvalue weighted by atomic mass is 16.5. The van der Waals surface area contributed by atoms with Gasteiger partial charge in [0.2, 0.25) is 11.8 Å². The Morgan fingerprint density at radius 2 is 1.59 bits per heavy atom. The molecular weight excluding hydrogens is 346 g/mol. The number of amides is 2. The molecular formula is C20H29N3O4. The summed E-state index contributed by atoms with van der Waals surface area (Å²) < 4.78 is 7.24. The van der Waals surface area contributed by atoms with Crippen molar-refractivity contribution >= 4 is 23.9 Å². The SMILES string of the molecule is CCOC(=O)c1c(/C=C/C(=O)N2CCN(C(C)=O)CC2)c(C)n(CC)c1C. The van der Waals surface area contributed by atoms with Crippen molar-refractivity contribution in [1.29, 1.82) is 0 Å². The molecule has 1 aromatic heterocycles. The van der Waals surface area contributed by atoms with E-state index in [0.29, 0.717) is 38.3 Å². The van der Waals surface area contributed by atoms with E-state index in [-0.39, 0.29) is 17.8 Å². The van der Waals surface area contributed by atoms with E-state index in [4.69, 9.17) is 4.74 Å². The molecule has 2 amide bonds. The van der Waals surface area contributed by atoms with Crippen molar-refractivity contribution < 1.29 is 19.1 Å². The Labute approximate surface area is 160 Å². The normalized spacial score (nSPS) is 14.7. The number of hydrogen-bond acceptors (Lipinski definition) is 4. The zero-order valence-corrected chi connectivity index (χ0v) is 16.9. The number of rotatable bonds is 5. The Hall–Kier alpha value is -2.57. The van der Waals surface area contributed by atoms with Crippen LogP contribution in [0.1, 0.15) is 48.1 Å². The lowest BCUT2D eigenvalue weighted by Crippen LogP contribution is -2.49. The minimum atomic E-state index is -0.368. The number of hydrogen-bond donors (Lipinski definition) is 0. The molecule has 2 rings (SSSR count). The number of carbonyl (C=O) groups is 3. The highest BCUT2D eigenvalue weighted by molar-refractivity contribution is 5.99. The van der Waals surface area contributed by atoms with Crippen LogP contribution in [0.3, 0.4) is 0 Å². The summed E-state index contributed by atoms with van der Waals surface area (Å²) >= 11 is 0. The van der Waals surface area contributed by atoms with Crippen LogP contribution in [0.2, 0.25) is 0 Å². The predicted octanol–water partition coefficient (Wildman–Crippen LogP) is 2.01. The summed E-state index contributed by atoms with van der Waals surface area (Å²) in [5.41, 5.74) is 3.02. The molecule has 0 saturated carbocycles. The lowest BCUT2D eigenvalue weighted by Gasteiger charge is -2.33. The van der Waals surface area contributed by atoms with E-state index in [9.17, 15) is 14.4 Å². The molecule has 7 heteroatoms. The molecule has 7 nitrogen and oxygen atoms in total. The van der Waals surface area contributed by atoms with Gasteiger partial charge in [-0.2, -0.15) is 0 Å². The van der Waals surface area contributed by atoms with Crippen LogP contribution >= 0.6 is 0 Å². The summed E-state index contributed by atoms with van der Waals surface area (Å²) in [6.45, 7) is 12.3. The summed E-state index contributed by atoms with van der Waals surface area (Å²) in [6.07, 6.45) is 3.22.